The molecule has 4 rings (SSSR count). The Morgan fingerprint density at radius 1 is 1.15 bits per heavy atom. The highest BCUT2D eigenvalue weighted by Crippen LogP contribution is 2.62. The molecule has 2 saturated carbocycles. The second-order valence-corrected chi connectivity index (χ2v) is 8.13. The number of carbonyl (C=O) groups excluding carboxylic acids is 1. The van der Waals surface area contributed by atoms with Crippen molar-refractivity contribution in [3.8, 4) is 0 Å². The molecule has 0 aliphatic heterocycles. The Balaban J connectivity index is 1.77. The summed E-state index contributed by atoms with van der Waals surface area (Å²) >= 11 is 0. The molecule has 0 saturated heterocycles. The number of allylic oxidation sites excluding steroid dienone is 4. The maximum Gasteiger partial charge on any atom is 0.155 e. The van der Waals surface area contributed by atoms with Gasteiger partial charge in [0, 0.05) is 11.8 Å². The quantitative estimate of drug-likeness (QED) is 0.576. The van der Waals surface area contributed by atoms with Crippen LogP contribution in [-0.2, 0) is 4.79 Å². The molecule has 0 aromatic carbocycles. The molecule has 108 valence electrons. The largest absolute Gasteiger partial charge is 0.295 e. The summed E-state index contributed by atoms with van der Waals surface area (Å²) in [5, 5.41) is 0. The lowest BCUT2D eigenvalue weighted by Crippen LogP contribution is -2.42. The van der Waals surface area contributed by atoms with Gasteiger partial charge < -0.3 is 0 Å². The van der Waals surface area contributed by atoms with Crippen LogP contribution < -0.4 is 0 Å². The highest BCUT2D eigenvalue weighted by Gasteiger charge is 2.52. The van der Waals surface area contributed by atoms with Gasteiger partial charge in [-0.3, -0.25) is 4.79 Å². The fourth-order valence-corrected chi connectivity index (χ4v) is 5.85. The zero-order valence-corrected chi connectivity index (χ0v) is 12.9. The zero-order valence-electron chi connectivity index (χ0n) is 12.9. The molecule has 0 radical (unpaired) electrons. The van der Waals surface area contributed by atoms with Crippen molar-refractivity contribution >= 4 is 5.78 Å². The van der Waals surface area contributed by atoms with E-state index in [4.69, 9.17) is 0 Å². The van der Waals surface area contributed by atoms with E-state index in [2.05, 4.69) is 19.9 Å². The number of hydrogen-bond acceptors (Lipinski definition) is 1. The van der Waals surface area contributed by atoms with Crippen molar-refractivity contribution in [2.75, 3.05) is 0 Å². The second-order valence-electron chi connectivity index (χ2n) is 8.13. The Labute approximate surface area is 122 Å². The number of ketones is 1. The number of hydrogen-bond donors (Lipinski definition) is 0. The SMILES string of the molecule is C[C@]12CCC(=O)C=C1CC[C@@H]1C2=CC[C@]2(C)CCC[C@@H]12. The predicted molar refractivity (Wildman–Crippen MR) is 81.3 cm³/mol. The molecule has 0 amide bonds. The van der Waals surface area contributed by atoms with Crippen LogP contribution in [-0.4, -0.2) is 5.78 Å². The highest BCUT2D eigenvalue weighted by molar-refractivity contribution is 5.92. The van der Waals surface area contributed by atoms with E-state index < -0.39 is 0 Å². The zero-order chi connectivity index (χ0) is 14.0. The lowest BCUT2D eigenvalue weighted by molar-refractivity contribution is -0.115. The van der Waals surface area contributed by atoms with Crippen LogP contribution in [0, 0.1) is 22.7 Å². The van der Waals surface area contributed by atoms with E-state index in [9.17, 15) is 4.79 Å². The predicted octanol–water partition coefficient (Wildman–Crippen LogP) is 4.83. The Hall–Kier alpha value is -0.850. The molecule has 0 bridgehead atoms. The number of carbonyl (C=O) groups is 1. The molecule has 20 heavy (non-hydrogen) atoms. The van der Waals surface area contributed by atoms with Gasteiger partial charge in [0.2, 0.25) is 0 Å². The van der Waals surface area contributed by atoms with E-state index in [1.807, 2.05) is 6.08 Å². The van der Waals surface area contributed by atoms with E-state index in [1.165, 1.54) is 37.7 Å². The van der Waals surface area contributed by atoms with E-state index in [-0.39, 0.29) is 5.41 Å². The molecule has 4 atom stereocenters. The molecule has 0 spiro atoms. The third-order valence-corrected chi connectivity index (χ3v) is 7.11. The standard InChI is InChI=1S/C19H26O/c1-18-9-3-4-16(18)15-6-5-13-12-14(20)7-11-19(13,2)17(15)8-10-18/h8,12,15-16H,3-7,9-11H2,1-2H3/t15-,16-,18-,19-/m0/s1. The van der Waals surface area contributed by atoms with Gasteiger partial charge >= 0.3 is 0 Å². The molecule has 1 heteroatoms. The van der Waals surface area contributed by atoms with Crippen LogP contribution in [0.1, 0.15) is 65.2 Å². The first-order chi connectivity index (χ1) is 9.53. The first-order valence-electron chi connectivity index (χ1n) is 8.47. The molecule has 0 unspecified atom stereocenters. The third kappa shape index (κ3) is 1.58. The molecule has 0 heterocycles. The van der Waals surface area contributed by atoms with Gasteiger partial charge in [-0.15, -0.1) is 0 Å². The van der Waals surface area contributed by atoms with Gasteiger partial charge in [-0.1, -0.05) is 37.5 Å². The van der Waals surface area contributed by atoms with E-state index in [1.54, 1.807) is 5.57 Å². The normalized spacial score (nSPS) is 47.0. The third-order valence-electron chi connectivity index (χ3n) is 7.11. The summed E-state index contributed by atoms with van der Waals surface area (Å²) in [7, 11) is 0. The van der Waals surface area contributed by atoms with Crippen LogP contribution in [0.15, 0.2) is 23.3 Å². The molecule has 2 fully saturated rings. The molecule has 0 N–H and O–H groups in total. The summed E-state index contributed by atoms with van der Waals surface area (Å²) in [4.78, 5) is 11.8. The first kappa shape index (κ1) is 12.9. The molecule has 4 aliphatic rings. The number of fused-ring (bicyclic) bond motifs is 5. The summed E-state index contributed by atoms with van der Waals surface area (Å²) in [5.41, 5.74) is 3.96. The summed E-state index contributed by atoms with van der Waals surface area (Å²) in [6.45, 7) is 4.94. The summed E-state index contributed by atoms with van der Waals surface area (Å²) in [6.07, 6.45) is 14.4. The van der Waals surface area contributed by atoms with Gasteiger partial charge in [-0.2, -0.15) is 0 Å². The maximum atomic E-state index is 11.8. The Kier molecular flexibility index (Phi) is 2.63. The minimum atomic E-state index is 0.223. The van der Waals surface area contributed by atoms with Gasteiger partial charge in [0.25, 0.3) is 0 Å². The van der Waals surface area contributed by atoms with Crippen molar-refractivity contribution in [3.63, 3.8) is 0 Å². The smallest absolute Gasteiger partial charge is 0.155 e. The summed E-state index contributed by atoms with van der Waals surface area (Å²) in [6, 6.07) is 0. The molecule has 1 nitrogen and oxygen atoms in total. The van der Waals surface area contributed by atoms with Crippen LogP contribution in [0.2, 0.25) is 0 Å². The fraction of sp³-hybridized carbons (Fsp3) is 0.737. The van der Waals surface area contributed by atoms with Crippen molar-refractivity contribution in [1.29, 1.82) is 0 Å². The van der Waals surface area contributed by atoms with E-state index in [0.29, 0.717) is 11.2 Å². The monoisotopic (exact) mass is 270 g/mol. The van der Waals surface area contributed by atoms with Gasteiger partial charge in [0.15, 0.2) is 5.78 Å². The molecular formula is C19H26O. The fourth-order valence-electron chi connectivity index (χ4n) is 5.85. The van der Waals surface area contributed by atoms with Crippen LogP contribution in [0.25, 0.3) is 0 Å². The summed E-state index contributed by atoms with van der Waals surface area (Å²) in [5.74, 6) is 2.09. The lowest BCUT2D eigenvalue weighted by atomic mass is 9.52. The molecule has 0 aromatic heterocycles. The second kappa shape index (κ2) is 4.08. The molecular weight excluding hydrogens is 244 g/mol. The maximum absolute atomic E-state index is 11.8. The van der Waals surface area contributed by atoms with Gasteiger partial charge in [0.1, 0.15) is 0 Å². The van der Waals surface area contributed by atoms with Crippen LogP contribution in [0.3, 0.4) is 0 Å². The Morgan fingerprint density at radius 2 is 2.00 bits per heavy atom. The van der Waals surface area contributed by atoms with Crippen LogP contribution >= 0.6 is 0 Å². The van der Waals surface area contributed by atoms with Crippen LogP contribution in [0.4, 0.5) is 0 Å². The van der Waals surface area contributed by atoms with E-state index in [0.717, 1.165) is 31.1 Å². The lowest BCUT2D eigenvalue weighted by Gasteiger charge is -2.52. The van der Waals surface area contributed by atoms with Gasteiger partial charge in [0.05, 0.1) is 0 Å². The average molecular weight is 270 g/mol. The molecule has 4 aliphatic carbocycles. The van der Waals surface area contributed by atoms with Crippen LogP contribution in [0.5, 0.6) is 0 Å². The Morgan fingerprint density at radius 3 is 2.85 bits per heavy atom. The highest BCUT2D eigenvalue weighted by atomic mass is 16.1. The number of rotatable bonds is 0. The first-order valence-corrected chi connectivity index (χ1v) is 8.47. The van der Waals surface area contributed by atoms with Crippen molar-refractivity contribution in [2.45, 2.75) is 65.2 Å². The summed E-state index contributed by atoms with van der Waals surface area (Å²) < 4.78 is 0. The van der Waals surface area contributed by atoms with Gasteiger partial charge in [-0.25, -0.2) is 0 Å². The van der Waals surface area contributed by atoms with Crippen molar-refractivity contribution in [3.05, 3.63) is 23.3 Å². The minimum absolute atomic E-state index is 0.223. The Bertz CT molecular complexity index is 526. The minimum Gasteiger partial charge on any atom is -0.295 e. The topological polar surface area (TPSA) is 17.1 Å². The molecule has 0 aromatic rings. The van der Waals surface area contributed by atoms with Crippen molar-refractivity contribution in [2.24, 2.45) is 22.7 Å². The van der Waals surface area contributed by atoms with Gasteiger partial charge in [-0.05, 0) is 61.9 Å². The van der Waals surface area contributed by atoms with E-state index >= 15 is 0 Å². The van der Waals surface area contributed by atoms with Crippen molar-refractivity contribution in [1.82, 2.24) is 0 Å². The van der Waals surface area contributed by atoms with Crippen molar-refractivity contribution < 1.29 is 4.79 Å². The average Bonchev–Trinajstić information content (AvgIpc) is 2.81.